The van der Waals surface area contributed by atoms with E-state index >= 15 is 0 Å². The first-order chi connectivity index (χ1) is 18.0. The number of aliphatic hydroxyl groups is 1. The molecule has 3 N–H and O–H groups in total. The fourth-order valence-corrected chi connectivity index (χ4v) is 8.57. The van der Waals surface area contributed by atoms with E-state index in [0.29, 0.717) is 26.1 Å². The Balaban J connectivity index is 1.36. The number of unbranched alkanes of at least 4 members (excludes halogenated alkanes) is 2. The van der Waals surface area contributed by atoms with Gasteiger partial charge in [-0.1, -0.05) is 60.7 Å². The van der Waals surface area contributed by atoms with Crippen LogP contribution in [-0.4, -0.2) is 56.9 Å². The van der Waals surface area contributed by atoms with Gasteiger partial charge in [0.1, 0.15) is 6.04 Å². The van der Waals surface area contributed by atoms with Gasteiger partial charge in [0.15, 0.2) is 0 Å². The summed E-state index contributed by atoms with van der Waals surface area (Å²) in [5.74, 6) is -1.22. The molecule has 2 aromatic rings. The predicted molar refractivity (Wildman–Crippen MR) is 143 cm³/mol. The Morgan fingerprint density at radius 3 is 2.16 bits per heavy atom. The normalized spacial score (nSPS) is 27.8. The number of aliphatic hydroxyl groups excluding tert-OH is 1. The Kier molecular flexibility index (Phi) is 7.86. The summed E-state index contributed by atoms with van der Waals surface area (Å²) in [7, 11) is 0. The van der Waals surface area contributed by atoms with Crippen LogP contribution in [0.2, 0.25) is 0 Å². The number of carbonyl (C=O) groups is 3. The van der Waals surface area contributed by atoms with Gasteiger partial charge in [0.05, 0.1) is 16.6 Å². The molecule has 196 valence electrons. The summed E-state index contributed by atoms with van der Waals surface area (Å²) in [5, 5.41) is 15.4. The molecule has 5 rings (SSSR count). The van der Waals surface area contributed by atoms with Crippen LogP contribution in [0.1, 0.15) is 43.2 Å². The van der Waals surface area contributed by atoms with Gasteiger partial charge >= 0.3 is 0 Å². The molecule has 3 fully saturated rings. The molecule has 3 saturated heterocycles. The van der Waals surface area contributed by atoms with Gasteiger partial charge in [-0.15, -0.1) is 11.8 Å². The standard InChI is InChI=1S/C29H35N3O4S/c33-17-9-3-8-16-32-25(27(35)31-19-21-12-6-2-7-13-21)29-15-14-22(37-29)23(24(29)28(32)36)26(34)30-18-20-10-4-1-5-11-20/h1-2,4-7,10-13,22-25,33H,3,8-9,14-19H2,(H,30,34)(H,31,35)/t22-,23+,24+,25?,29?/m1/s1. The first-order valence-electron chi connectivity index (χ1n) is 13.3. The number of likely N-dealkylation sites (tertiary alicyclic amines) is 1. The number of thioether (sulfide) groups is 1. The zero-order valence-electron chi connectivity index (χ0n) is 21.0. The van der Waals surface area contributed by atoms with Crippen LogP contribution < -0.4 is 10.6 Å². The van der Waals surface area contributed by atoms with Crippen molar-refractivity contribution in [3.8, 4) is 0 Å². The second kappa shape index (κ2) is 11.3. The molecule has 8 heteroatoms. The van der Waals surface area contributed by atoms with E-state index < -0.39 is 22.6 Å². The second-order valence-electron chi connectivity index (χ2n) is 10.3. The Bertz CT molecular complexity index is 1110. The predicted octanol–water partition coefficient (Wildman–Crippen LogP) is 2.87. The van der Waals surface area contributed by atoms with E-state index in [1.54, 1.807) is 16.7 Å². The molecule has 2 aromatic carbocycles. The number of carbonyl (C=O) groups excluding carboxylic acids is 3. The molecule has 37 heavy (non-hydrogen) atoms. The largest absolute Gasteiger partial charge is 0.396 e. The second-order valence-corrected chi connectivity index (χ2v) is 11.9. The lowest BCUT2D eigenvalue weighted by molar-refractivity contribution is -0.140. The minimum atomic E-state index is -0.593. The lowest BCUT2D eigenvalue weighted by Crippen LogP contribution is -2.53. The van der Waals surface area contributed by atoms with Crippen LogP contribution in [0.3, 0.4) is 0 Å². The maximum absolute atomic E-state index is 13.9. The van der Waals surface area contributed by atoms with Gasteiger partial charge < -0.3 is 20.6 Å². The van der Waals surface area contributed by atoms with Crippen LogP contribution in [0.25, 0.3) is 0 Å². The summed E-state index contributed by atoms with van der Waals surface area (Å²) in [4.78, 5) is 42.8. The van der Waals surface area contributed by atoms with Crippen molar-refractivity contribution >= 4 is 29.5 Å². The monoisotopic (exact) mass is 521 g/mol. The third-order valence-electron chi connectivity index (χ3n) is 8.03. The molecular formula is C29H35N3O4S. The highest BCUT2D eigenvalue weighted by Crippen LogP contribution is 2.66. The zero-order valence-corrected chi connectivity index (χ0v) is 21.8. The molecule has 0 saturated carbocycles. The molecule has 7 nitrogen and oxygen atoms in total. The Labute approximate surface area is 222 Å². The van der Waals surface area contributed by atoms with Gasteiger partial charge in [-0.05, 0) is 43.2 Å². The molecule has 1 spiro atoms. The molecule has 0 aliphatic carbocycles. The van der Waals surface area contributed by atoms with E-state index in [1.165, 1.54) is 0 Å². The number of fused-ring (bicyclic) bond motifs is 1. The quantitative estimate of drug-likeness (QED) is 0.395. The molecule has 0 aromatic heterocycles. The van der Waals surface area contributed by atoms with E-state index in [2.05, 4.69) is 10.6 Å². The number of hydrogen-bond donors (Lipinski definition) is 3. The topological polar surface area (TPSA) is 98.7 Å². The summed E-state index contributed by atoms with van der Waals surface area (Å²) in [6, 6.07) is 18.9. The van der Waals surface area contributed by atoms with Crippen molar-refractivity contribution in [3.05, 3.63) is 71.8 Å². The maximum Gasteiger partial charge on any atom is 0.244 e. The number of hydrogen-bond acceptors (Lipinski definition) is 5. The zero-order chi connectivity index (χ0) is 25.8. The third kappa shape index (κ3) is 5.01. The van der Waals surface area contributed by atoms with Crippen molar-refractivity contribution in [3.63, 3.8) is 0 Å². The highest BCUT2D eigenvalue weighted by atomic mass is 32.2. The van der Waals surface area contributed by atoms with Crippen molar-refractivity contribution in [2.24, 2.45) is 11.8 Å². The number of benzene rings is 2. The molecule has 3 aliphatic rings. The summed E-state index contributed by atoms with van der Waals surface area (Å²) < 4.78 is -0.575. The van der Waals surface area contributed by atoms with Gasteiger partial charge in [-0.2, -0.15) is 0 Å². The van der Waals surface area contributed by atoms with Crippen molar-refractivity contribution in [1.82, 2.24) is 15.5 Å². The number of nitrogens with zero attached hydrogens (tertiary/aromatic N) is 1. The average molecular weight is 522 g/mol. The first kappa shape index (κ1) is 25.8. The third-order valence-corrected chi connectivity index (χ3v) is 9.98. The molecule has 5 atom stereocenters. The molecule has 3 aliphatic heterocycles. The number of nitrogens with one attached hydrogen (secondary N) is 2. The van der Waals surface area contributed by atoms with Crippen LogP contribution >= 0.6 is 11.8 Å². The van der Waals surface area contributed by atoms with Gasteiger partial charge in [0, 0.05) is 31.5 Å². The minimum Gasteiger partial charge on any atom is -0.396 e. The number of rotatable bonds is 11. The van der Waals surface area contributed by atoms with E-state index in [-0.39, 0.29) is 29.6 Å². The van der Waals surface area contributed by atoms with Gasteiger partial charge in [-0.3, -0.25) is 14.4 Å². The molecule has 0 radical (unpaired) electrons. The van der Waals surface area contributed by atoms with Crippen molar-refractivity contribution in [1.29, 1.82) is 0 Å². The van der Waals surface area contributed by atoms with E-state index in [1.807, 2.05) is 60.7 Å². The van der Waals surface area contributed by atoms with Crippen LogP contribution in [-0.2, 0) is 27.5 Å². The summed E-state index contributed by atoms with van der Waals surface area (Å²) in [6.45, 7) is 1.40. The van der Waals surface area contributed by atoms with Crippen LogP contribution in [0.5, 0.6) is 0 Å². The SMILES string of the molecule is O=C(NCc1ccccc1)C1N(CCCCCO)C(=O)[C@@H]2[C@@H](C(=O)NCc3ccccc3)[C@H]3CCC12S3. The van der Waals surface area contributed by atoms with E-state index in [0.717, 1.165) is 36.8 Å². The van der Waals surface area contributed by atoms with Crippen molar-refractivity contribution in [2.75, 3.05) is 13.2 Å². The lowest BCUT2D eigenvalue weighted by Gasteiger charge is -2.34. The average Bonchev–Trinajstić information content (AvgIpc) is 3.57. The Morgan fingerprint density at radius 2 is 1.54 bits per heavy atom. The number of amides is 3. The summed E-state index contributed by atoms with van der Waals surface area (Å²) in [5.41, 5.74) is 2.02. The molecule has 2 unspecified atom stereocenters. The fourth-order valence-electron chi connectivity index (χ4n) is 6.35. The summed E-state index contributed by atoms with van der Waals surface area (Å²) in [6.07, 6.45) is 3.77. The minimum absolute atomic E-state index is 0.0469. The van der Waals surface area contributed by atoms with Gasteiger partial charge in [-0.25, -0.2) is 0 Å². The van der Waals surface area contributed by atoms with E-state index in [9.17, 15) is 19.5 Å². The smallest absolute Gasteiger partial charge is 0.244 e. The molecular weight excluding hydrogens is 486 g/mol. The van der Waals surface area contributed by atoms with Crippen LogP contribution in [0.4, 0.5) is 0 Å². The van der Waals surface area contributed by atoms with Gasteiger partial charge in [0.2, 0.25) is 17.7 Å². The maximum atomic E-state index is 13.9. The lowest BCUT2D eigenvalue weighted by atomic mass is 9.70. The Morgan fingerprint density at radius 1 is 0.919 bits per heavy atom. The van der Waals surface area contributed by atoms with Crippen molar-refractivity contribution in [2.45, 2.75) is 61.2 Å². The van der Waals surface area contributed by atoms with Crippen molar-refractivity contribution < 1.29 is 19.5 Å². The Hall–Kier alpha value is -2.84. The van der Waals surface area contributed by atoms with Gasteiger partial charge in [0.25, 0.3) is 0 Å². The molecule has 2 bridgehead atoms. The molecule has 3 amide bonds. The molecule has 3 heterocycles. The van der Waals surface area contributed by atoms with Crippen LogP contribution in [0, 0.1) is 11.8 Å². The van der Waals surface area contributed by atoms with Crippen LogP contribution in [0.15, 0.2) is 60.7 Å². The summed E-state index contributed by atoms with van der Waals surface area (Å²) >= 11 is 1.69. The highest BCUT2D eigenvalue weighted by molar-refractivity contribution is 8.02. The van der Waals surface area contributed by atoms with E-state index in [4.69, 9.17) is 0 Å². The fraction of sp³-hybridized carbons (Fsp3) is 0.483. The highest BCUT2D eigenvalue weighted by Gasteiger charge is 2.73. The first-order valence-corrected chi connectivity index (χ1v) is 14.2.